The van der Waals surface area contributed by atoms with Crippen molar-refractivity contribution in [2.24, 2.45) is 0 Å². The van der Waals surface area contributed by atoms with Crippen LogP contribution in [0.2, 0.25) is 0 Å². The van der Waals surface area contributed by atoms with E-state index in [1.807, 2.05) is 6.20 Å². The van der Waals surface area contributed by atoms with Crippen molar-refractivity contribution in [1.29, 1.82) is 0 Å². The molecule has 2 fully saturated rings. The second-order valence-electron chi connectivity index (χ2n) is 10.6. The molecule has 37 heavy (non-hydrogen) atoms. The van der Waals surface area contributed by atoms with Crippen molar-refractivity contribution >= 4 is 17.0 Å². The van der Waals surface area contributed by atoms with Crippen LogP contribution in [0, 0.1) is 0 Å². The normalized spacial score (nSPS) is 19.1. The van der Waals surface area contributed by atoms with Crippen molar-refractivity contribution < 1.29 is 13.5 Å². The number of anilines is 1. The zero-order chi connectivity index (χ0) is 25.8. The van der Waals surface area contributed by atoms with Gasteiger partial charge in [0.25, 0.3) is 0 Å². The van der Waals surface area contributed by atoms with Crippen LogP contribution in [0.25, 0.3) is 22.2 Å². The van der Waals surface area contributed by atoms with E-state index < -0.39 is 6.61 Å². The molecule has 1 aliphatic heterocycles. The Labute approximate surface area is 217 Å². The fraction of sp³-hybridized carbons (Fsp3) is 0.571. The molecule has 5 rings (SSSR count). The second kappa shape index (κ2) is 11.8. The molecule has 3 heterocycles. The van der Waals surface area contributed by atoms with E-state index in [9.17, 15) is 8.78 Å². The van der Waals surface area contributed by atoms with Crippen molar-refractivity contribution in [3.63, 3.8) is 0 Å². The molecule has 1 aromatic carbocycles. The average molecular weight is 513 g/mol. The van der Waals surface area contributed by atoms with Crippen molar-refractivity contribution in [2.75, 3.05) is 45.2 Å². The summed E-state index contributed by atoms with van der Waals surface area (Å²) in [6.07, 6.45) is 10.1. The molecule has 1 saturated carbocycles. The summed E-state index contributed by atoms with van der Waals surface area (Å²) in [6, 6.07) is 8.96. The van der Waals surface area contributed by atoms with Gasteiger partial charge in [-0.05, 0) is 37.9 Å². The predicted octanol–water partition coefficient (Wildman–Crippen LogP) is 5.39. The number of hydrogen-bond donors (Lipinski definition) is 1. The Morgan fingerprint density at radius 3 is 2.49 bits per heavy atom. The van der Waals surface area contributed by atoms with Crippen LogP contribution in [0.4, 0.5) is 14.7 Å². The zero-order valence-corrected chi connectivity index (χ0v) is 21.9. The van der Waals surface area contributed by atoms with Gasteiger partial charge in [-0.2, -0.15) is 13.8 Å². The number of fused-ring (bicyclic) bond motifs is 1. The van der Waals surface area contributed by atoms with Crippen LogP contribution in [0.15, 0.2) is 36.7 Å². The van der Waals surface area contributed by atoms with E-state index in [0.29, 0.717) is 12.0 Å². The average Bonchev–Trinajstić information content (AvgIpc) is 3.29. The number of piperazine rings is 1. The van der Waals surface area contributed by atoms with Gasteiger partial charge in [0.15, 0.2) is 0 Å². The van der Waals surface area contributed by atoms with E-state index in [1.54, 1.807) is 6.92 Å². The standard InChI is InChI=1S/C28H38F2N6O/c1-20(19-37-27(29)30)32-28-31-16-24-25(18-36(26(24)33-28)23-6-4-3-5-7-23)22-10-8-21(9-11-22)17-35-14-12-34(2)13-15-35/h8-11,16,18,20,23,27H,3-7,12-15,17,19H2,1-2H3,(H,31,32,33)/t20-/m0/s1. The SMILES string of the molecule is C[C@@H](COC(F)F)Nc1ncc2c(-c3ccc(CN4CCN(C)CC4)cc3)cn(C3CCCCC3)c2n1. The van der Waals surface area contributed by atoms with E-state index in [4.69, 9.17) is 4.98 Å². The lowest BCUT2D eigenvalue weighted by molar-refractivity contribution is -0.130. The first-order chi connectivity index (χ1) is 18.0. The number of aromatic nitrogens is 3. The van der Waals surface area contributed by atoms with Gasteiger partial charge in [-0.3, -0.25) is 4.90 Å². The third kappa shape index (κ3) is 6.45. The monoisotopic (exact) mass is 512 g/mol. The minimum absolute atomic E-state index is 0.117. The Morgan fingerprint density at radius 2 is 1.78 bits per heavy atom. The molecule has 0 spiro atoms. The first-order valence-corrected chi connectivity index (χ1v) is 13.5. The molecule has 1 N–H and O–H groups in total. The van der Waals surface area contributed by atoms with E-state index in [-0.39, 0.29) is 12.6 Å². The fourth-order valence-electron chi connectivity index (χ4n) is 5.50. The Hall–Kier alpha value is -2.62. The maximum absolute atomic E-state index is 12.4. The van der Waals surface area contributed by atoms with E-state index in [2.05, 4.69) is 66.9 Å². The molecule has 9 heteroatoms. The molecule has 1 saturated heterocycles. The highest BCUT2D eigenvalue weighted by atomic mass is 19.3. The highest BCUT2D eigenvalue weighted by Crippen LogP contribution is 2.36. The summed E-state index contributed by atoms with van der Waals surface area (Å²) < 4.78 is 31.6. The number of nitrogens with zero attached hydrogens (tertiary/aromatic N) is 5. The molecule has 7 nitrogen and oxygen atoms in total. The van der Waals surface area contributed by atoms with E-state index in [1.165, 1.54) is 24.8 Å². The fourth-order valence-corrected chi connectivity index (χ4v) is 5.50. The van der Waals surface area contributed by atoms with Crippen LogP contribution in [0.1, 0.15) is 50.6 Å². The van der Waals surface area contributed by atoms with Crippen molar-refractivity contribution in [3.8, 4) is 11.1 Å². The number of halogens is 2. The van der Waals surface area contributed by atoms with Gasteiger partial charge in [-0.25, -0.2) is 4.98 Å². The second-order valence-corrected chi connectivity index (χ2v) is 10.6. The largest absolute Gasteiger partial charge is 0.349 e. The van der Waals surface area contributed by atoms with E-state index >= 15 is 0 Å². The third-order valence-electron chi connectivity index (χ3n) is 7.65. The molecule has 3 aromatic rings. The first-order valence-electron chi connectivity index (χ1n) is 13.5. The van der Waals surface area contributed by atoms with Gasteiger partial charge in [-0.1, -0.05) is 43.5 Å². The third-order valence-corrected chi connectivity index (χ3v) is 7.65. The highest BCUT2D eigenvalue weighted by Gasteiger charge is 2.22. The van der Waals surface area contributed by atoms with Crippen LogP contribution in [0.5, 0.6) is 0 Å². The highest BCUT2D eigenvalue weighted by molar-refractivity contribution is 5.94. The first kappa shape index (κ1) is 26.0. The van der Waals surface area contributed by atoms with Crippen LogP contribution in [-0.2, 0) is 11.3 Å². The molecule has 0 bridgehead atoms. The van der Waals surface area contributed by atoms with Gasteiger partial charge < -0.3 is 19.5 Å². The molecule has 1 atom stereocenters. The molecule has 200 valence electrons. The van der Waals surface area contributed by atoms with Gasteiger partial charge in [0.2, 0.25) is 5.95 Å². The Kier molecular flexibility index (Phi) is 8.32. The Balaban J connectivity index is 1.39. The number of ether oxygens (including phenoxy) is 1. The van der Waals surface area contributed by atoms with Gasteiger partial charge in [0, 0.05) is 68.2 Å². The summed E-state index contributed by atoms with van der Waals surface area (Å²) in [5.74, 6) is 0.433. The topological polar surface area (TPSA) is 58.5 Å². The lowest BCUT2D eigenvalue weighted by Gasteiger charge is -2.32. The smallest absolute Gasteiger partial charge is 0.345 e. The van der Waals surface area contributed by atoms with Crippen LogP contribution in [0.3, 0.4) is 0 Å². The summed E-state index contributed by atoms with van der Waals surface area (Å²) in [7, 11) is 2.18. The van der Waals surface area contributed by atoms with Gasteiger partial charge in [0.05, 0.1) is 6.61 Å². The van der Waals surface area contributed by atoms with Crippen molar-refractivity contribution in [1.82, 2.24) is 24.3 Å². The van der Waals surface area contributed by atoms with Gasteiger partial charge in [0.1, 0.15) is 5.65 Å². The molecular weight excluding hydrogens is 474 g/mol. The minimum atomic E-state index is -2.79. The lowest BCUT2D eigenvalue weighted by atomic mass is 9.95. The molecular formula is C28H38F2N6O. The molecule has 0 unspecified atom stereocenters. The summed E-state index contributed by atoms with van der Waals surface area (Å²) in [5, 5.41) is 4.13. The Bertz CT molecular complexity index is 1150. The summed E-state index contributed by atoms with van der Waals surface area (Å²) >= 11 is 0. The molecule has 2 aliphatic rings. The maximum Gasteiger partial charge on any atom is 0.345 e. The maximum atomic E-state index is 12.4. The summed E-state index contributed by atoms with van der Waals surface area (Å²) in [5.41, 5.74) is 4.51. The number of nitrogens with one attached hydrogen (secondary N) is 1. The molecule has 2 aromatic heterocycles. The number of likely N-dealkylation sites (N-methyl/N-ethyl adjacent to an activating group) is 1. The lowest BCUT2D eigenvalue weighted by Crippen LogP contribution is -2.43. The number of rotatable bonds is 9. The molecule has 1 aliphatic carbocycles. The van der Waals surface area contributed by atoms with Crippen LogP contribution < -0.4 is 5.32 Å². The number of hydrogen-bond acceptors (Lipinski definition) is 6. The van der Waals surface area contributed by atoms with Crippen LogP contribution >= 0.6 is 0 Å². The number of benzene rings is 1. The van der Waals surface area contributed by atoms with Crippen molar-refractivity contribution in [2.45, 2.75) is 64.3 Å². The molecule has 0 amide bonds. The molecule has 0 radical (unpaired) electrons. The quantitative estimate of drug-likeness (QED) is 0.415. The Morgan fingerprint density at radius 1 is 1.05 bits per heavy atom. The van der Waals surface area contributed by atoms with Crippen molar-refractivity contribution in [3.05, 3.63) is 42.2 Å². The summed E-state index contributed by atoms with van der Waals surface area (Å²) in [6.45, 7) is 4.30. The van der Waals surface area contributed by atoms with Gasteiger partial charge in [-0.15, -0.1) is 0 Å². The minimum Gasteiger partial charge on any atom is -0.349 e. The van der Waals surface area contributed by atoms with Crippen LogP contribution in [-0.4, -0.2) is 76.8 Å². The van der Waals surface area contributed by atoms with E-state index in [0.717, 1.165) is 67.7 Å². The van der Waals surface area contributed by atoms with Gasteiger partial charge >= 0.3 is 6.61 Å². The number of alkyl halides is 2. The predicted molar refractivity (Wildman–Crippen MR) is 143 cm³/mol. The summed E-state index contributed by atoms with van der Waals surface area (Å²) in [4.78, 5) is 14.3. The zero-order valence-electron chi connectivity index (χ0n) is 21.9.